The molecule has 0 bridgehead atoms. The molecule has 154 valence electrons. The Kier molecular flexibility index (Phi) is 5.91. The summed E-state index contributed by atoms with van der Waals surface area (Å²) in [6.07, 6.45) is 4.59. The number of nitrogens with one attached hydrogen (secondary N) is 2. The van der Waals surface area contributed by atoms with Crippen LogP contribution in [0.4, 0.5) is 5.82 Å². The van der Waals surface area contributed by atoms with E-state index in [-0.39, 0.29) is 6.04 Å². The summed E-state index contributed by atoms with van der Waals surface area (Å²) in [6.45, 7) is 8.26. The largest absolute Gasteiger partial charge is 0.362 e. The molecule has 1 aromatic carbocycles. The predicted octanol–water partition coefficient (Wildman–Crippen LogP) is 4.35. The van der Waals surface area contributed by atoms with Crippen molar-refractivity contribution in [1.29, 1.82) is 5.26 Å². The minimum absolute atomic E-state index is 0.0411. The van der Waals surface area contributed by atoms with Gasteiger partial charge in [0.25, 0.3) is 0 Å². The van der Waals surface area contributed by atoms with Crippen molar-refractivity contribution in [3.05, 3.63) is 58.5 Å². The first-order chi connectivity index (χ1) is 14.6. The van der Waals surface area contributed by atoms with Crippen molar-refractivity contribution in [2.45, 2.75) is 52.0 Å². The number of nitriles is 1. The van der Waals surface area contributed by atoms with Crippen LogP contribution in [0.3, 0.4) is 0 Å². The Morgan fingerprint density at radius 1 is 1.20 bits per heavy atom. The maximum absolute atomic E-state index is 9.09. The lowest BCUT2D eigenvalue weighted by molar-refractivity contribution is 0.453. The summed E-state index contributed by atoms with van der Waals surface area (Å²) in [5, 5.41) is 27.0. The zero-order chi connectivity index (χ0) is 21.1. The van der Waals surface area contributed by atoms with E-state index in [1.54, 1.807) is 0 Å². The minimum Gasteiger partial charge on any atom is -0.362 e. The van der Waals surface area contributed by atoms with Crippen LogP contribution in [-0.2, 0) is 6.42 Å². The van der Waals surface area contributed by atoms with Gasteiger partial charge in [0.1, 0.15) is 0 Å². The first-order valence-corrected chi connectivity index (χ1v) is 10.6. The van der Waals surface area contributed by atoms with E-state index in [9.17, 15) is 0 Å². The van der Waals surface area contributed by atoms with Crippen LogP contribution in [0.15, 0.2) is 30.5 Å². The molecule has 1 saturated heterocycles. The topological polar surface area (TPSA) is 86.5 Å². The molecule has 6 nitrogen and oxygen atoms in total. The SMILES string of the molecule is Cc1c(CC#N)cccc1[C@@H](C)Nc1nnc(C)c2cnc(C3CCNCC3)cc12. The number of nitrogens with zero attached hydrogens (tertiary/aromatic N) is 4. The number of benzene rings is 1. The molecule has 6 heteroatoms. The van der Waals surface area contributed by atoms with E-state index in [1.165, 1.54) is 5.56 Å². The van der Waals surface area contributed by atoms with Gasteiger partial charge in [0.2, 0.25) is 0 Å². The Bertz CT molecular complexity index is 1090. The number of piperidine rings is 1. The fraction of sp³-hybridized carbons (Fsp3) is 0.417. The van der Waals surface area contributed by atoms with Gasteiger partial charge in [0.15, 0.2) is 5.82 Å². The lowest BCUT2D eigenvalue weighted by Crippen LogP contribution is -2.27. The highest BCUT2D eigenvalue weighted by atomic mass is 15.2. The van der Waals surface area contributed by atoms with Crippen LogP contribution in [0.1, 0.15) is 59.8 Å². The fourth-order valence-electron chi connectivity index (χ4n) is 4.37. The molecular weight excluding hydrogens is 372 g/mol. The van der Waals surface area contributed by atoms with Crippen LogP contribution in [0.25, 0.3) is 10.8 Å². The molecule has 2 aromatic heterocycles. The molecule has 4 rings (SSSR count). The molecule has 1 aliphatic rings. The molecular formula is C24H28N6. The Balaban J connectivity index is 1.69. The van der Waals surface area contributed by atoms with Crippen LogP contribution in [0.2, 0.25) is 0 Å². The number of anilines is 1. The van der Waals surface area contributed by atoms with E-state index in [1.807, 2.05) is 25.3 Å². The lowest BCUT2D eigenvalue weighted by Gasteiger charge is -2.23. The molecule has 1 fully saturated rings. The normalized spacial score (nSPS) is 15.7. The van der Waals surface area contributed by atoms with E-state index in [0.717, 1.165) is 65.0 Å². The molecule has 1 atom stereocenters. The second-order valence-electron chi connectivity index (χ2n) is 8.15. The Morgan fingerprint density at radius 2 is 2.00 bits per heavy atom. The monoisotopic (exact) mass is 400 g/mol. The summed E-state index contributed by atoms with van der Waals surface area (Å²) in [5.41, 5.74) is 5.42. The third-order valence-corrected chi connectivity index (χ3v) is 6.20. The molecule has 30 heavy (non-hydrogen) atoms. The summed E-state index contributed by atoms with van der Waals surface area (Å²) in [5.74, 6) is 1.27. The number of aryl methyl sites for hydroxylation is 1. The number of rotatable bonds is 5. The maximum atomic E-state index is 9.09. The van der Waals surface area contributed by atoms with Gasteiger partial charge < -0.3 is 10.6 Å². The Morgan fingerprint density at radius 3 is 2.77 bits per heavy atom. The zero-order valence-electron chi connectivity index (χ0n) is 17.9. The molecule has 2 N–H and O–H groups in total. The van der Waals surface area contributed by atoms with E-state index in [2.05, 4.69) is 52.9 Å². The van der Waals surface area contributed by atoms with E-state index in [4.69, 9.17) is 10.2 Å². The standard InChI is InChI=1S/C24H28N6/c1-15-18(7-10-25)5-4-6-20(15)16(2)28-24-21-13-23(19-8-11-26-12-9-19)27-14-22(21)17(3)29-30-24/h4-6,13-14,16,19,26H,7-9,11-12H2,1-3H3,(H,28,30)/t16-/m1/s1. The van der Waals surface area contributed by atoms with Gasteiger partial charge in [-0.1, -0.05) is 18.2 Å². The third kappa shape index (κ3) is 3.99. The molecule has 3 aromatic rings. The Labute approximate surface area is 177 Å². The first-order valence-electron chi connectivity index (χ1n) is 10.6. The summed E-state index contributed by atoms with van der Waals surface area (Å²) >= 11 is 0. The number of hydrogen-bond donors (Lipinski definition) is 2. The zero-order valence-corrected chi connectivity index (χ0v) is 17.9. The molecule has 0 amide bonds. The van der Waals surface area contributed by atoms with Crippen LogP contribution in [-0.4, -0.2) is 28.3 Å². The van der Waals surface area contributed by atoms with Gasteiger partial charge in [-0.3, -0.25) is 4.98 Å². The number of hydrogen-bond acceptors (Lipinski definition) is 6. The molecule has 0 saturated carbocycles. The summed E-state index contributed by atoms with van der Waals surface area (Å²) in [7, 11) is 0. The number of pyridine rings is 1. The smallest absolute Gasteiger partial charge is 0.157 e. The second-order valence-corrected chi connectivity index (χ2v) is 8.15. The molecule has 1 aliphatic heterocycles. The Hall–Kier alpha value is -3.04. The second kappa shape index (κ2) is 8.76. The highest BCUT2D eigenvalue weighted by Crippen LogP contribution is 2.31. The third-order valence-electron chi connectivity index (χ3n) is 6.20. The van der Waals surface area contributed by atoms with E-state index < -0.39 is 0 Å². The average molecular weight is 401 g/mol. The highest BCUT2D eigenvalue weighted by Gasteiger charge is 2.19. The van der Waals surface area contributed by atoms with Crippen LogP contribution >= 0.6 is 0 Å². The molecule has 0 aliphatic carbocycles. The first kappa shape index (κ1) is 20.2. The maximum Gasteiger partial charge on any atom is 0.157 e. The van der Waals surface area contributed by atoms with Gasteiger partial charge in [-0.15, -0.1) is 5.10 Å². The summed E-state index contributed by atoms with van der Waals surface area (Å²) < 4.78 is 0. The van der Waals surface area contributed by atoms with Gasteiger partial charge in [0.05, 0.1) is 24.2 Å². The number of aromatic nitrogens is 3. The van der Waals surface area contributed by atoms with Crippen molar-refractivity contribution in [3.8, 4) is 6.07 Å². The summed E-state index contributed by atoms with van der Waals surface area (Å²) in [4.78, 5) is 4.76. The average Bonchev–Trinajstić information content (AvgIpc) is 2.77. The molecule has 0 radical (unpaired) electrons. The predicted molar refractivity (Wildman–Crippen MR) is 119 cm³/mol. The van der Waals surface area contributed by atoms with Crippen molar-refractivity contribution >= 4 is 16.6 Å². The summed E-state index contributed by atoms with van der Waals surface area (Å²) in [6, 6.07) is 10.6. The highest BCUT2D eigenvalue weighted by molar-refractivity contribution is 5.92. The molecule has 0 unspecified atom stereocenters. The van der Waals surface area contributed by atoms with Crippen molar-refractivity contribution < 1.29 is 0 Å². The number of fused-ring (bicyclic) bond motifs is 1. The fourth-order valence-corrected chi connectivity index (χ4v) is 4.37. The van der Waals surface area contributed by atoms with Crippen molar-refractivity contribution in [3.63, 3.8) is 0 Å². The lowest BCUT2D eigenvalue weighted by atomic mass is 9.93. The van der Waals surface area contributed by atoms with Crippen LogP contribution in [0.5, 0.6) is 0 Å². The van der Waals surface area contributed by atoms with Crippen molar-refractivity contribution in [2.75, 3.05) is 18.4 Å². The van der Waals surface area contributed by atoms with E-state index >= 15 is 0 Å². The van der Waals surface area contributed by atoms with Gasteiger partial charge in [-0.05, 0) is 69.5 Å². The van der Waals surface area contributed by atoms with Crippen LogP contribution in [0, 0.1) is 25.2 Å². The van der Waals surface area contributed by atoms with Crippen LogP contribution < -0.4 is 10.6 Å². The van der Waals surface area contributed by atoms with Crippen molar-refractivity contribution in [2.24, 2.45) is 0 Å². The minimum atomic E-state index is 0.0411. The van der Waals surface area contributed by atoms with Gasteiger partial charge >= 0.3 is 0 Å². The van der Waals surface area contributed by atoms with E-state index in [0.29, 0.717) is 12.3 Å². The van der Waals surface area contributed by atoms with Gasteiger partial charge in [-0.2, -0.15) is 10.4 Å². The van der Waals surface area contributed by atoms with Crippen molar-refractivity contribution in [1.82, 2.24) is 20.5 Å². The quantitative estimate of drug-likeness (QED) is 0.662. The molecule has 0 spiro atoms. The molecule has 3 heterocycles. The van der Waals surface area contributed by atoms with Gasteiger partial charge in [0, 0.05) is 28.6 Å². The van der Waals surface area contributed by atoms with Gasteiger partial charge in [-0.25, -0.2) is 0 Å².